The van der Waals surface area contributed by atoms with Gasteiger partial charge in [-0.1, -0.05) is 12.1 Å². The van der Waals surface area contributed by atoms with Crippen LogP contribution in [0.5, 0.6) is 0 Å². The number of rotatable bonds is 3. The first-order chi connectivity index (χ1) is 11.9. The van der Waals surface area contributed by atoms with Gasteiger partial charge in [0.1, 0.15) is 0 Å². The molecule has 1 heterocycles. The van der Waals surface area contributed by atoms with Crippen LogP contribution in [0.25, 0.3) is 0 Å². The third-order valence-electron chi connectivity index (χ3n) is 4.95. The summed E-state index contributed by atoms with van der Waals surface area (Å²) in [6.45, 7) is 1.43. The number of nitrogens with zero attached hydrogens (tertiary/aromatic N) is 3. The van der Waals surface area contributed by atoms with E-state index in [0.29, 0.717) is 26.2 Å². The first kappa shape index (κ1) is 18.2. The van der Waals surface area contributed by atoms with Crippen molar-refractivity contribution in [3.05, 3.63) is 29.3 Å². The van der Waals surface area contributed by atoms with E-state index in [9.17, 15) is 13.2 Å². The zero-order valence-electron chi connectivity index (χ0n) is 14.9. The molecule has 1 N–H and O–H groups in total. The fourth-order valence-electron chi connectivity index (χ4n) is 3.45. The molecule has 0 bridgehead atoms. The van der Waals surface area contributed by atoms with Gasteiger partial charge in [0.15, 0.2) is 0 Å². The Labute approximate surface area is 149 Å². The van der Waals surface area contributed by atoms with Crippen LogP contribution < -0.4 is 5.32 Å². The Hall–Kier alpha value is -1.64. The molecule has 0 aromatic heterocycles. The summed E-state index contributed by atoms with van der Waals surface area (Å²) < 4.78 is 26.9. The zero-order valence-corrected chi connectivity index (χ0v) is 15.7. The average molecular weight is 366 g/mol. The van der Waals surface area contributed by atoms with Crippen molar-refractivity contribution in [2.24, 2.45) is 0 Å². The highest BCUT2D eigenvalue weighted by molar-refractivity contribution is 7.86. The number of carbonyl (C=O) groups is 1. The van der Waals surface area contributed by atoms with Crippen molar-refractivity contribution < 1.29 is 13.2 Å². The number of benzene rings is 1. The molecule has 1 fully saturated rings. The third-order valence-corrected chi connectivity index (χ3v) is 6.89. The highest BCUT2D eigenvalue weighted by Gasteiger charge is 2.30. The third kappa shape index (κ3) is 3.80. The number of anilines is 1. The summed E-state index contributed by atoms with van der Waals surface area (Å²) in [5.41, 5.74) is 3.47. The summed E-state index contributed by atoms with van der Waals surface area (Å²) >= 11 is 0. The molecule has 2 aliphatic rings. The Morgan fingerprint density at radius 2 is 1.76 bits per heavy atom. The zero-order chi connectivity index (χ0) is 18.0. The lowest BCUT2D eigenvalue weighted by Crippen LogP contribution is -2.53. The fraction of sp³-hybridized carbons (Fsp3) is 0.588. The van der Waals surface area contributed by atoms with E-state index in [1.807, 2.05) is 12.1 Å². The lowest BCUT2D eigenvalue weighted by molar-refractivity contribution is 0.182. The molecule has 25 heavy (non-hydrogen) atoms. The van der Waals surface area contributed by atoms with Crippen LogP contribution in [0.1, 0.15) is 24.0 Å². The average Bonchev–Trinajstić information content (AvgIpc) is 2.62. The van der Waals surface area contributed by atoms with Crippen molar-refractivity contribution in [3.8, 4) is 0 Å². The second kappa shape index (κ2) is 7.31. The highest BCUT2D eigenvalue weighted by atomic mass is 32.2. The Morgan fingerprint density at radius 3 is 2.44 bits per heavy atom. The van der Waals surface area contributed by atoms with Crippen LogP contribution in [0.3, 0.4) is 0 Å². The lowest BCUT2D eigenvalue weighted by atomic mass is 9.90. The molecular weight excluding hydrogens is 340 g/mol. The minimum Gasteiger partial charge on any atom is -0.322 e. The maximum Gasteiger partial charge on any atom is 0.321 e. The van der Waals surface area contributed by atoms with E-state index in [1.165, 1.54) is 40.3 Å². The van der Waals surface area contributed by atoms with Gasteiger partial charge in [-0.25, -0.2) is 4.79 Å². The number of urea groups is 1. The van der Waals surface area contributed by atoms with Crippen molar-refractivity contribution in [2.75, 3.05) is 45.6 Å². The molecule has 1 aromatic rings. The van der Waals surface area contributed by atoms with Gasteiger partial charge in [0.05, 0.1) is 0 Å². The van der Waals surface area contributed by atoms with E-state index in [1.54, 1.807) is 4.90 Å². The van der Waals surface area contributed by atoms with Gasteiger partial charge in [-0.2, -0.15) is 17.0 Å². The first-order valence-corrected chi connectivity index (χ1v) is 10.1. The molecule has 1 aliphatic heterocycles. The maximum absolute atomic E-state index is 12.6. The van der Waals surface area contributed by atoms with Crippen molar-refractivity contribution in [1.82, 2.24) is 13.5 Å². The summed E-state index contributed by atoms with van der Waals surface area (Å²) in [5, 5.41) is 3.02. The highest BCUT2D eigenvalue weighted by Crippen LogP contribution is 2.28. The minimum atomic E-state index is -3.41. The number of hydrogen-bond acceptors (Lipinski definition) is 3. The van der Waals surface area contributed by atoms with Crippen LogP contribution in [0.2, 0.25) is 0 Å². The monoisotopic (exact) mass is 366 g/mol. The van der Waals surface area contributed by atoms with Crippen molar-refractivity contribution >= 4 is 21.9 Å². The Morgan fingerprint density at radius 1 is 1.08 bits per heavy atom. The largest absolute Gasteiger partial charge is 0.322 e. The quantitative estimate of drug-likeness (QED) is 0.882. The van der Waals surface area contributed by atoms with Gasteiger partial charge in [-0.3, -0.25) is 0 Å². The molecule has 1 aromatic carbocycles. The molecule has 0 saturated carbocycles. The summed E-state index contributed by atoms with van der Waals surface area (Å²) in [5.74, 6) is 0. The van der Waals surface area contributed by atoms with Gasteiger partial charge in [0.2, 0.25) is 0 Å². The summed E-state index contributed by atoms with van der Waals surface area (Å²) in [4.78, 5) is 14.3. The standard InChI is InChI=1S/C17H26N4O3S/c1-19(2)25(23,24)21-12-10-20(11-13-21)17(22)18-16-9-5-7-14-6-3-4-8-15(14)16/h5,7,9H,3-4,6,8,10-13H2,1-2H3,(H,18,22). The van der Waals surface area contributed by atoms with Crippen LogP contribution in [0.4, 0.5) is 10.5 Å². The van der Waals surface area contributed by atoms with Crippen LogP contribution in [0.15, 0.2) is 18.2 Å². The van der Waals surface area contributed by atoms with E-state index < -0.39 is 10.2 Å². The van der Waals surface area contributed by atoms with E-state index in [4.69, 9.17) is 0 Å². The van der Waals surface area contributed by atoms with Gasteiger partial charge in [0, 0.05) is 46.0 Å². The smallest absolute Gasteiger partial charge is 0.321 e. The van der Waals surface area contributed by atoms with Gasteiger partial charge in [-0.05, 0) is 42.9 Å². The normalized spacial score (nSPS) is 18.9. The number of carbonyl (C=O) groups excluding carboxylic acids is 1. The van der Waals surface area contributed by atoms with Gasteiger partial charge >= 0.3 is 6.03 Å². The fourth-order valence-corrected chi connectivity index (χ4v) is 4.53. The number of fused-ring (bicyclic) bond motifs is 1. The number of piperazine rings is 1. The molecule has 1 aliphatic carbocycles. The number of hydrogen-bond donors (Lipinski definition) is 1. The Balaban J connectivity index is 1.63. The maximum atomic E-state index is 12.6. The molecule has 2 amide bonds. The van der Waals surface area contributed by atoms with Crippen molar-refractivity contribution in [2.45, 2.75) is 25.7 Å². The Kier molecular flexibility index (Phi) is 5.31. The molecule has 1 saturated heterocycles. The number of aryl methyl sites for hydroxylation is 1. The molecule has 7 nitrogen and oxygen atoms in total. The molecule has 8 heteroatoms. The second-order valence-corrected chi connectivity index (χ2v) is 8.90. The molecule has 0 spiro atoms. The molecule has 0 atom stereocenters. The van der Waals surface area contributed by atoms with Crippen molar-refractivity contribution in [3.63, 3.8) is 0 Å². The van der Waals surface area contributed by atoms with Crippen LogP contribution in [-0.4, -0.2) is 68.2 Å². The number of amides is 2. The molecule has 0 radical (unpaired) electrons. The molecule has 138 valence electrons. The number of nitrogens with one attached hydrogen (secondary N) is 1. The molecule has 0 unspecified atom stereocenters. The van der Waals surface area contributed by atoms with Crippen LogP contribution >= 0.6 is 0 Å². The van der Waals surface area contributed by atoms with Crippen LogP contribution in [0, 0.1) is 0 Å². The summed E-state index contributed by atoms with van der Waals surface area (Å²) in [7, 11) is -0.370. The van der Waals surface area contributed by atoms with Crippen LogP contribution in [-0.2, 0) is 23.1 Å². The van der Waals surface area contributed by atoms with E-state index in [-0.39, 0.29) is 6.03 Å². The Bertz CT molecular complexity index is 740. The predicted octanol–water partition coefficient (Wildman–Crippen LogP) is 1.52. The van der Waals surface area contributed by atoms with E-state index in [0.717, 1.165) is 24.9 Å². The lowest BCUT2D eigenvalue weighted by Gasteiger charge is -2.35. The topological polar surface area (TPSA) is 73.0 Å². The predicted molar refractivity (Wildman–Crippen MR) is 97.9 cm³/mol. The van der Waals surface area contributed by atoms with Gasteiger partial charge in [-0.15, -0.1) is 0 Å². The van der Waals surface area contributed by atoms with Gasteiger partial charge < -0.3 is 10.2 Å². The summed E-state index contributed by atoms with van der Waals surface area (Å²) in [6.07, 6.45) is 4.43. The second-order valence-electron chi connectivity index (χ2n) is 6.76. The van der Waals surface area contributed by atoms with E-state index >= 15 is 0 Å². The van der Waals surface area contributed by atoms with Crippen molar-refractivity contribution in [1.29, 1.82) is 0 Å². The summed E-state index contributed by atoms with van der Waals surface area (Å²) in [6, 6.07) is 5.92. The SMILES string of the molecule is CN(C)S(=O)(=O)N1CCN(C(=O)Nc2cccc3c2CCCC3)CC1. The molecular formula is C17H26N4O3S. The first-order valence-electron chi connectivity index (χ1n) is 8.74. The minimum absolute atomic E-state index is 0.152. The molecule has 3 rings (SSSR count). The van der Waals surface area contributed by atoms with E-state index in [2.05, 4.69) is 11.4 Å². The van der Waals surface area contributed by atoms with Gasteiger partial charge in [0.25, 0.3) is 10.2 Å².